The summed E-state index contributed by atoms with van der Waals surface area (Å²) < 4.78 is 11.4. The Morgan fingerprint density at radius 3 is 2.17 bits per heavy atom. The van der Waals surface area contributed by atoms with E-state index in [0.29, 0.717) is 24.7 Å². The van der Waals surface area contributed by atoms with Crippen molar-refractivity contribution in [1.82, 2.24) is 20.3 Å². The molecule has 0 saturated carbocycles. The smallest absolute Gasteiger partial charge is 0.320 e. The summed E-state index contributed by atoms with van der Waals surface area (Å²) in [6.07, 6.45) is 22.9. The normalized spacial score (nSPS) is 22.6. The molecule has 8 bridgehead atoms. The molecule has 0 spiro atoms. The van der Waals surface area contributed by atoms with Crippen LogP contribution in [0.2, 0.25) is 0 Å². The number of nitrogens with one attached hydrogen (secondary N) is 4. The van der Waals surface area contributed by atoms with Gasteiger partial charge in [-0.2, -0.15) is 0 Å². The van der Waals surface area contributed by atoms with Crippen molar-refractivity contribution >= 4 is 41.6 Å². The predicted molar refractivity (Wildman–Crippen MR) is 264 cm³/mol. The van der Waals surface area contributed by atoms with Crippen LogP contribution in [0.1, 0.15) is 164 Å². The number of rotatable bonds is 21. The Kier molecular flexibility index (Phi) is 16.6. The van der Waals surface area contributed by atoms with Crippen molar-refractivity contribution in [2.24, 2.45) is 35.5 Å². The highest BCUT2D eigenvalue weighted by Crippen LogP contribution is 2.42. The third-order valence-electron chi connectivity index (χ3n) is 14.9. The fraction of sp³-hybridized carbons (Fsp3) is 0.582. The highest BCUT2D eigenvalue weighted by molar-refractivity contribution is 5.95. The van der Waals surface area contributed by atoms with E-state index < -0.39 is 18.2 Å². The summed E-state index contributed by atoms with van der Waals surface area (Å²) >= 11 is 0. The fourth-order valence-electron chi connectivity index (χ4n) is 10.8. The molecule has 3 aromatic rings. The van der Waals surface area contributed by atoms with Gasteiger partial charge in [-0.25, -0.2) is 0 Å². The van der Waals surface area contributed by atoms with E-state index in [2.05, 4.69) is 113 Å². The van der Waals surface area contributed by atoms with Crippen LogP contribution < -0.4 is 26.6 Å². The third kappa shape index (κ3) is 10.8. The number of H-pyrrole nitrogens is 3. The Balaban J connectivity index is 1.21. The maximum absolute atomic E-state index is 13.7. The van der Waals surface area contributed by atoms with Crippen molar-refractivity contribution in [1.29, 1.82) is 0 Å². The molecule has 3 aromatic heterocycles. The van der Waals surface area contributed by atoms with E-state index >= 15 is 0 Å². The summed E-state index contributed by atoms with van der Waals surface area (Å²) in [5.41, 5.74) is 11.3. The van der Waals surface area contributed by atoms with Gasteiger partial charge in [0.25, 0.3) is 0 Å². The van der Waals surface area contributed by atoms with Crippen molar-refractivity contribution in [2.45, 2.75) is 159 Å². The van der Waals surface area contributed by atoms with Crippen molar-refractivity contribution in [3.05, 3.63) is 90.1 Å². The van der Waals surface area contributed by atoms with E-state index in [-0.39, 0.29) is 23.6 Å². The van der Waals surface area contributed by atoms with Gasteiger partial charge >= 0.3 is 5.97 Å². The van der Waals surface area contributed by atoms with Gasteiger partial charge in [0.15, 0.2) is 6.29 Å². The van der Waals surface area contributed by atoms with Gasteiger partial charge in [0, 0.05) is 50.2 Å². The zero-order chi connectivity index (χ0) is 46.4. The van der Waals surface area contributed by atoms with Gasteiger partial charge in [-0.3, -0.25) is 4.79 Å². The van der Waals surface area contributed by atoms with E-state index in [1.807, 2.05) is 13.0 Å². The summed E-state index contributed by atoms with van der Waals surface area (Å²) in [4.78, 5) is 24.8. The van der Waals surface area contributed by atoms with Crippen molar-refractivity contribution in [3.63, 3.8) is 0 Å². The molecular formula is C55H80N4O5. The molecule has 0 radical (unpaired) electrons. The van der Waals surface area contributed by atoms with Crippen molar-refractivity contribution in [3.8, 4) is 0 Å². The van der Waals surface area contributed by atoms with Gasteiger partial charge < -0.3 is 40.0 Å². The number of aliphatic hydroxyl groups is 2. The lowest BCUT2D eigenvalue weighted by molar-refractivity contribution is -0.142. The van der Waals surface area contributed by atoms with Crippen LogP contribution in [-0.2, 0) is 20.7 Å². The minimum atomic E-state index is -0.971. The van der Waals surface area contributed by atoms with Crippen LogP contribution in [0, 0.1) is 56.3 Å². The number of carbonyl (C=O) groups is 1. The number of hydrogen-bond donors (Lipinski definition) is 6. The highest BCUT2D eigenvalue weighted by atomic mass is 16.6. The van der Waals surface area contributed by atoms with Crippen LogP contribution >= 0.6 is 0 Å². The van der Waals surface area contributed by atoms with E-state index in [1.54, 1.807) is 0 Å². The summed E-state index contributed by atoms with van der Waals surface area (Å²) in [6, 6.07) is -0.354. The molecule has 350 valence electrons. The Labute approximate surface area is 383 Å². The standard InChI is InChI=1S/C55H80N4O5/c1-13-39-35(8)42-28-44-37(10)41(24-25-48(60)64-27-26-34(7)23-17-22-33(6)21-16-20-32(5)19-15-18-31(3)4)52(58-44)50-51(55(62)63-12)54(61)49-38(11)45(59-53(49)50)30-47-40(14-2)36(9)43(57-47)29-46(39)56-42/h13,26,28-33,37,41,48,51-52,56-61H,1,14-25,27H2,2-12H3/b34-26+,43-29-,44-28-,47-30-/t32-,33-,37+,41+,48?,51-,52?/m1/s1. The number of methoxy groups -OCH3 is 1. The number of carbonyl (C=O) groups excluding carboxylic acids is 1. The van der Waals surface area contributed by atoms with E-state index in [9.17, 15) is 15.0 Å². The van der Waals surface area contributed by atoms with Gasteiger partial charge in [-0.1, -0.05) is 111 Å². The average Bonchev–Trinajstić information content (AvgIpc) is 3.99. The number of fused-ring (bicyclic) bond motifs is 8. The SMILES string of the molecule is C=Cc1c2[nH]c(c1C)/C=C1\NC(C3=c4[nH]c(c(C)c4=C(O)[C@@H]3C(=O)OC)/C=c3\[nH]/c(c(C)c3CC)=C\2)[C@@H](CCC(O)OC/C=C(\C)CCC[C@H](C)CCC[C@H](C)CCCC(C)C)[C@@H]1C. The van der Waals surface area contributed by atoms with Gasteiger partial charge in [-0.05, 0) is 130 Å². The molecule has 1 saturated heterocycles. The minimum absolute atomic E-state index is 0.00222. The molecule has 1 aliphatic carbocycles. The molecule has 6 N–H and O–H groups in total. The first kappa shape index (κ1) is 49.0. The van der Waals surface area contributed by atoms with Crippen LogP contribution in [-0.4, -0.2) is 57.2 Å². The topological polar surface area (TPSA) is 135 Å². The van der Waals surface area contributed by atoms with Crippen LogP contribution in [0.4, 0.5) is 0 Å². The zero-order valence-electron chi connectivity index (χ0n) is 41.0. The lowest BCUT2D eigenvalue weighted by Gasteiger charge is -2.27. The number of ether oxygens (including phenoxy) is 2. The fourth-order valence-corrected chi connectivity index (χ4v) is 10.8. The molecule has 6 rings (SSSR count). The summed E-state index contributed by atoms with van der Waals surface area (Å²) in [5, 5.41) is 30.5. The predicted octanol–water partition coefficient (Wildman–Crippen LogP) is 9.16. The van der Waals surface area contributed by atoms with Crippen molar-refractivity contribution < 1.29 is 24.5 Å². The molecule has 64 heavy (non-hydrogen) atoms. The Morgan fingerprint density at radius 1 is 0.859 bits per heavy atom. The lowest BCUT2D eigenvalue weighted by atomic mass is 9.80. The molecule has 9 nitrogen and oxygen atoms in total. The molecule has 1 fully saturated rings. The Morgan fingerprint density at radius 2 is 1.52 bits per heavy atom. The highest BCUT2D eigenvalue weighted by Gasteiger charge is 2.47. The first-order chi connectivity index (χ1) is 30.6. The van der Waals surface area contributed by atoms with Crippen molar-refractivity contribution in [2.75, 3.05) is 13.7 Å². The summed E-state index contributed by atoms with van der Waals surface area (Å²) in [7, 11) is 1.37. The van der Waals surface area contributed by atoms with Gasteiger partial charge in [0.2, 0.25) is 0 Å². The van der Waals surface area contributed by atoms with Gasteiger partial charge in [0.05, 0.1) is 25.1 Å². The molecule has 5 heterocycles. The second-order valence-electron chi connectivity index (χ2n) is 20.1. The van der Waals surface area contributed by atoms with E-state index in [4.69, 9.17) is 9.47 Å². The second kappa shape index (κ2) is 21.7. The molecule has 7 atom stereocenters. The molecular weight excluding hydrogens is 797 g/mol. The van der Waals surface area contributed by atoms with E-state index in [0.717, 1.165) is 91.7 Å². The Bertz CT molecular complexity index is 2460. The third-order valence-corrected chi connectivity index (χ3v) is 14.9. The number of esters is 1. The number of hydrogen-bond acceptors (Lipinski definition) is 6. The maximum Gasteiger partial charge on any atom is 0.320 e. The quantitative estimate of drug-likeness (QED) is 0.0359. The number of aromatic amines is 3. The molecule has 9 heteroatoms. The molecule has 0 aromatic carbocycles. The second-order valence-corrected chi connectivity index (χ2v) is 20.1. The molecule has 0 amide bonds. The summed E-state index contributed by atoms with van der Waals surface area (Å²) in [5.74, 6) is 0.864. The number of aliphatic hydroxyl groups excluding tert-OH is 2. The Hall–Kier alpha value is -4.47. The van der Waals surface area contributed by atoms with Crippen LogP contribution in [0.3, 0.4) is 0 Å². The van der Waals surface area contributed by atoms with E-state index in [1.165, 1.54) is 75.2 Å². The largest absolute Gasteiger partial charge is 0.510 e. The average molecular weight is 877 g/mol. The molecule has 3 aliphatic rings. The maximum atomic E-state index is 13.7. The lowest BCUT2D eigenvalue weighted by Crippen LogP contribution is -2.38. The first-order valence-corrected chi connectivity index (χ1v) is 24.5. The minimum Gasteiger partial charge on any atom is -0.510 e. The number of allylic oxidation sites excluding steroid dienone is 2. The molecule has 2 unspecified atom stereocenters. The summed E-state index contributed by atoms with van der Waals surface area (Å²) in [6.45, 7) is 26.8. The van der Waals surface area contributed by atoms with Gasteiger partial charge in [0.1, 0.15) is 11.7 Å². The monoisotopic (exact) mass is 877 g/mol. The number of aromatic nitrogens is 3. The van der Waals surface area contributed by atoms with Crippen LogP contribution in [0.25, 0.3) is 35.6 Å². The van der Waals surface area contributed by atoms with Crippen LogP contribution in [0.15, 0.2) is 23.9 Å². The van der Waals surface area contributed by atoms with Gasteiger partial charge in [-0.15, -0.1) is 0 Å². The first-order valence-electron chi connectivity index (χ1n) is 24.5. The molecule has 2 aliphatic heterocycles. The zero-order valence-corrected chi connectivity index (χ0v) is 41.0. The van der Waals surface area contributed by atoms with Crippen LogP contribution in [0.5, 0.6) is 0 Å².